The predicted molar refractivity (Wildman–Crippen MR) is 86.0 cm³/mol. The molecule has 2 rings (SSSR count). The highest BCUT2D eigenvalue weighted by Crippen LogP contribution is 2.25. The smallest absolute Gasteiger partial charge is 0.119 e. The van der Waals surface area contributed by atoms with Gasteiger partial charge in [0, 0.05) is 30.4 Å². The lowest BCUT2D eigenvalue weighted by Crippen LogP contribution is -2.24. The molecule has 1 aromatic heterocycles. The molecular formula is C16H23N3O2. The summed E-state index contributed by atoms with van der Waals surface area (Å²) in [5.74, 6) is 0.834. The van der Waals surface area contributed by atoms with Crippen molar-refractivity contribution in [2.75, 3.05) is 45.7 Å². The molecule has 0 aliphatic carbocycles. The summed E-state index contributed by atoms with van der Waals surface area (Å²) in [6.07, 6.45) is 2.83. The minimum atomic E-state index is 0.207. The van der Waals surface area contributed by atoms with E-state index < -0.39 is 0 Å². The summed E-state index contributed by atoms with van der Waals surface area (Å²) in [6.45, 7) is 2.76. The van der Waals surface area contributed by atoms with Crippen molar-refractivity contribution in [2.24, 2.45) is 0 Å². The fourth-order valence-electron chi connectivity index (χ4n) is 2.26. The minimum Gasteiger partial charge on any atom is -0.497 e. The molecule has 1 aromatic carbocycles. The number of ether oxygens (including phenoxy) is 1. The SMILES string of the molecule is COc1ccc2nccc(NCCCN(C)CCO)c2c1. The van der Waals surface area contributed by atoms with E-state index in [1.165, 1.54) is 0 Å². The number of methoxy groups -OCH3 is 1. The number of rotatable bonds is 8. The zero-order valence-corrected chi connectivity index (χ0v) is 12.7. The van der Waals surface area contributed by atoms with Crippen molar-refractivity contribution in [3.8, 4) is 5.75 Å². The Kier molecular flexibility index (Phi) is 5.78. The molecule has 114 valence electrons. The van der Waals surface area contributed by atoms with E-state index in [9.17, 15) is 0 Å². The van der Waals surface area contributed by atoms with Crippen LogP contribution in [-0.4, -0.2) is 55.4 Å². The Bertz CT molecular complexity index is 574. The van der Waals surface area contributed by atoms with Crippen LogP contribution in [0.1, 0.15) is 6.42 Å². The van der Waals surface area contributed by atoms with Gasteiger partial charge >= 0.3 is 0 Å². The summed E-state index contributed by atoms with van der Waals surface area (Å²) in [4.78, 5) is 6.49. The second-order valence-electron chi connectivity index (χ2n) is 5.05. The fraction of sp³-hybridized carbons (Fsp3) is 0.438. The molecule has 0 bridgehead atoms. The van der Waals surface area contributed by atoms with Gasteiger partial charge in [-0.05, 0) is 44.3 Å². The van der Waals surface area contributed by atoms with E-state index in [2.05, 4.69) is 15.2 Å². The van der Waals surface area contributed by atoms with Gasteiger partial charge in [0.1, 0.15) is 5.75 Å². The van der Waals surface area contributed by atoms with Crippen LogP contribution in [0, 0.1) is 0 Å². The molecule has 0 saturated carbocycles. The number of hydrogen-bond donors (Lipinski definition) is 2. The van der Waals surface area contributed by atoms with Gasteiger partial charge in [-0.2, -0.15) is 0 Å². The van der Waals surface area contributed by atoms with Gasteiger partial charge in [-0.1, -0.05) is 0 Å². The van der Waals surface area contributed by atoms with E-state index in [4.69, 9.17) is 9.84 Å². The van der Waals surface area contributed by atoms with Crippen LogP contribution in [0.4, 0.5) is 5.69 Å². The Morgan fingerprint density at radius 3 is 2.90 bits per heavy atom. The molecule has 0 radical (unpaired) electrons. The maximum absolute atomic E-state index is 8.86. The van der Waals surface area contributed by atoms with Crippen LogP contribution in [0.25, 0.3) is 10.9 Å². The van der Waals surface area contributed by atoms with E-state index >= 15 is 0 Å². The number of hydrogen-bond acceptors (Lipinski definition) is 5. The predicted octanol–water partition coefficient (Wildman–Crippen LogP) is 1.97. The summed E-state index contributed by atoms with van der Waals surface area (Å²) in [5, 5.41) is 13.4. The van der Waals surface area contributed by atoms with Crippen molar-refractivity contribution >= 4 is 16.6 Å². The standard InChI is InChI=1S/C16H23N3O2/c1-19(10-11-20)9-3-7-17-16-6-8-18-15-5-4-13(21-2)12-14(15)16/h4-6,8,12,20H,3,7,9-11H2,1-2H3,(H,17,18). The van der Waals surface area contributed by atoms with Crippen molar-refractivity contribution in [3.05, 3.63) is 30.5 Å². The van der Waals surface area contributed by atoms with Gasteiger partial charge in [-0.25, -0.2) is 0 Å². The second kappa shape index (κ2) is 7.81. The van der Waals surface area contributed by atoms with Gasteiger partial charge in [0.25, 0.3) is 0 Å². The summed E-state index contributed by atoms with van der Waals surface area (Å²) < 4.78 is 5.28. The van der Waals surface area contributed by atoms with E-state index in [1.807, 2.05) is 37.5 Å². The first-order chi connectivity index (χ1) is 10.2. The number of aliphatic hydroxyl groups is 1. The van der Waals surface area contributed by atoms with Gasteiger partial charge in [0.05, 0.1) is 19.2 Å². The maximum Gasteiger partial charge on any atom is 0.119 e. The van der Waals surface area contributed by atoms with Crippen molar-refractivity contribution in [2.45, 2.75) is 6.42 Å². The summed E-state index contributed by atoms with van der Waals surface area (Å²) in [5.41, 5.74) is 2.03. The number of aromatic nitrogens is 1. The van der Waals surface area contributed by atoms with Crippen molar-refractivity contribution in [1.29, 1.82) is 0 Å². The monoisotopic (exact) mass is 289 g/mol. The van der Waals surface area contributed by atoms with E-state index in [0.29, 0.717) is 0 Å². The lowest BCUT2D eigenvalue weighted by molar-refractivity contribution is 0.221. The number of fused-ring (bicyclic) bond motifs is 1. The zero-order valence-electron chi connectivity index (χ0n) is 12.7. The molecule has 2 aromatic rings. The topological polar surface area (TPSA) is 57.6 Å². The Morgan fingerprint density at radius 1 is 1.29 bits per heavy atom. The summed E-state index contributed by atoms with van der Waals surface area (Å²) >= 11 is 0. The molecule has 5 heteroatoms. The second-order valence-corrected chi connectivity index (χ2v) is 5.05. The van der Waals surface area contributed by atoms with Gasteiger partial charge in [-0.15, -0.1) is 0 Å². The third-order valence-electron chi connectivity index (χ3n) is 3.46. The Hall–Kier alpha value is -1.85. The van der Waals surface area contributed by atoms with E-state index in [-0.39, 0.29) is 6.61 Å². The molecular weight excluding hydrogens is 266 g/mol. The molecule has 2 N–H and O–H groups in total. The van der Waals surface area contributed by atoms with Crippen LogP contribution in [0.15, 0.2) is 30.5 Å². The van der Waals surface area contributed by atoms with Gasteiger partial charge in [0.15, 0.2) is 0 Å². The van der Waals surface area contributed by atoms with Gasteiger partial charge in [-0.3, -0.25) is 4.98 Å². The molecule has 0 fully saturated rings. The van der Waals surface area contributed by atoms with Crippen LogP contribution in [0.5, 0.6) is 5.75 Å². The maximum atomic E-state index is 8.86. The third-order valence-corrected chi connectivity index (χ3v) is 3.46. The molecule has 0 amide bonds. The first-order valence-corrected chi connectivity index (χ1v) is 7.20. The van der Waals surface area contributed by atoms with Crippen LogP contribution in [0.2, 0.25) is 0 Å². The molecule has 0 saturated heterocycles. The summed E-state index contributed by atoms with van der Waals surface area (Å²) in [6, 6.07) is 7.87. The fourth-order valence-corrected chi connectivity index (χ4v) is 2.26. The van der Waals surface area contributed by atoms with Crippen molar-refractivity contribution in [1.82, 2.24) is 9.88 Å². The largest absolute Gasteiger partial charge is 0.497 e. The highest BCUT2D eigenvalue weighted by Gasteiger charge is 2.03. The lowest BCUT2D eigenvalue weighted by atomic mass is 10.1. The Morgan fingerprint density at radius 2 is 2.14 bits per heavy atom. The van der Waals surface area contributed by atoms with Gasteiger partial charge in [0.2, 0.25) is 0 Å². The van der Waals surface area contributed by atoms with E-state index in [0.717, 1.165) is 48.4 Å². The number of pyridine rings is 1. The van der Waals surface area contributed by atoms with Crippen LogP contribution in [0.3, 0.4) is 0 Å². The Balaban J connectivity index is 1.98. The molecule has 5 nitrogen and oxygen atoms in total. The normalized spacial score (nSPS) is 11.0. The number of aliphatic hydroxyl groups excluding tert-OH is 1. The lowest BCUT2D eigenvalue weighted by Gasteiger charge is -2.15. The average Bonchev–Trinajstić information content (AvgIpc) is 2.51. The molecule has 1 heterocycles. The van der Waals surface area contributed by atoms with Crippen LogP contribution in [-0.2, 0) is 0 Å². The first-order valence-electron chi connectivity index (χ1n) is 7.20. The number of anilines is 1. The quantitative estimate of drug-likeness (QED) is 0.728. The molecule has 0 atom stereocenters. The van der Waals surface area contributed by atoms with E-state index in [1.54, 1.807) is 7.11 Å². The summed E-state index contributed by atoms with van der Waals surface area (Å²) in [7, 11) is 3.69. The first kappa shape index (κ1) is 15.5. The molecule has 0 spiro atoms. The number of nitrogens with one attached hydrogen (secondary N) is 1. The van der Waals surface area contributed by atoms with Crippen LogP contribution >= 0.6 is 0 Å². The number of nitrogens with zero attached hydrogens (tertiary/aromatic N) is 2. The van der Waals surface area contributed by atoms with Crippen LogP contribution < -0.4 is 10.1 Å². The molecule has 0 aliphatic heterocycles. The molecule has 0 aliphatic rings. The highest BCUT2D eigenvalue weighted by atomic mass is 16.5. The Labute approximate surface area is 125 Å². The molecule has 0 unspecified atom stereocenters. The van der Waals surface area contributed by atoms with Crippen molar-refractivity contribution in [3.63, 3.8) is 0 Å². The minimum absolute atomic E-state index is 0.207. The third kappa shape index (κ3) is 4.31. The van der Waals surface area contributed by atoms with Gasteiger partial charge < -0.3 is 20.1 Å². The van der Waals surface area contributed by atoms with Crippen molar-refractivity contribution < 1.29 is 9.84 Å². The average molecular weight is 289 g/mol. The number of likely N-dealkylation sites (N-methyl/N-ethyl adjacent to an activating group) is 1. The highest BCUT2D eigenvalue weighted by molar-refractivity contribution is 5.92. The molecule has 21 heavy (non-hydrogen) atoms. The number of benzene rings is 1. The zero-order chi connectivity index (χ0) is 15.1.